The molecule has 6 nitrogen and oxygen atoms in total. The number of aromatic nitrogens is 3. The minimum Gasteiger partial charge on any atom is -0.461 e. The first-order valence-corrected chi connectivity index (χ1v) is 9.58. The summed E-state index contributed by atoms with van der Waals surface area (Å²) in [5.41, 5.74) is -1.46. The van der Waals surface area contributed by atoms with Crippen LogP contribution in [-0.4, -0.2) is 40.1 Å². The van der Waals surface area contributed by atoms with Crippen molar-refractivity contribution in [1.29, 1.82) is 0 Å². The van der Waals surface area contributed by atoms with Gasteiger partial charge in [0, 0.05) is 24.2 Å². The molecule has 0 amide bonds. The molecule has 0 atom stereocenters. The smallest absolute Gasteiger partial charge is 0.394 e. The molecule has 2 aromatic heterocycles. The fourth-order valence-electron chi connectivity index (χ4n) is 3.00. The van der Waals surface area contributed by atoms with Crippen LogP contribution in [0.2, 0.25) is 0 Å². The molecule has 31 heavy (non-hydrogen) atoms. The summed E-state index contributed by atoms with van der Waals surface area (Å²) in [6.45, 7) is 4.07. The van der Waals surface area contributed by atoms with Crippen molar-refractivity contribution in [2.75, 3.05) is 6.61 Å². The van der Waals surface area contributed by atoms with Gasteiger partial charge in [0.05, 0.1) is 23.3 Å². The molecule has 0 saturated carbocycles. The van der Waals surface area contributed by atoms with Crippen LogP contribution in [0.1, 0.15) is 49.4 Å². The SMILES string of the molecule is CCOC(=O)c1nn(CC)c(-c2ccc(CC(C)(C)C(F)(F)F)nc2OC(F)F)c1C. The largest absolute Gasteiger partial charge is 0.461 e. The quantitative estimate of drug-likeness (QED) is 0.410. The highest BCUT2D eigenvalue weighted by Gasteiger charge is 2.47. The van der Waals surface area contributed by atoms with E-state index in [1.165, 1.54) is 16.8 Å². The molecule has 0 saturated heterocycles. The second kappa shape index (κ2) is 9.19. The molecule has 172 valence electrons. The Hall–Kier alpha value is -2.72. The summed E-state index contributed by atoms with van der Waals surface area (Å²) in [4.78, 5) is 16.1. The van der Waals surface area contributed by atoms with E-state index in [2.05, 4.69) is 14.8 Å². The van der Waals surface area contributed by atoms with E-state index in [9.17, 15) is 26.7 Å². The van der Waals surface area contributed by atoms with Crippen molar-refractivity contribution in [1.82, 2.24) is 14.8 Å². The van der Waals surface area contributed by atoms with Crippen molar-refractivity contribution >= 4 is 5.97 Å². The number of alkyl halides is 5. The molecule has 0 N–H and O–H groups in total. The number of esters is 1. The predicted octanol–water partition coefficient (Wildman–Crippen LogP) is 5.18. The second-order valence-electron chi connectivity index (χ2n) is 7.45. The van der Waals surface area contributed by atoms with Crippen LogP contribution in [0.3, 0.4) is 0 Å². The van der Waals surface area contributed by atoms with Crippen LogP contribution in [0.15, 0.2) is 12.1 Å². The van der Waals surface area contributed by atoms with Crippen LogP contribution in [0.25, 0.3) is 11.3 Å². The Labute approximate surface area is 176 Å². The summed E-state index contributed by atoms with van der Waals surface area (Å²) < 4.78 is 76.7. The lowest BCUT2D eigenvalue weighted by Crippen LogP contribution is -2.34. The molecule has 2 rings (SSSR count). The van der Waals surface area contributed by atoms with Crippen molar-refractivity contribution in [3.63, 3.8) is 0 Å². The van der Waals surface area contributed by atoms with Crippen LogP contribution >= 0.6 is 0 Å². The van der Waals surface area contributed by atoms with Gasteiger partial charge < -0.3 is 9.47 Å². The summed E-state index contributed by atoms with van der Waals surface area (Å²) in [5.74, 6) is -1.22. The minimum atomic E-state index is -4.51. The van der Waals surface area contributed by atoms with Crippen molar-refractivity contribution in [3.05, 3.63) is 29.1 Å². The summed E-state index contributed by atoms with van der Waals surface area (Å²) >= 11 is 0. The Bertz CT molecular complexity index is 939. The van der Waals surface area contributed by atoms with Crippen LogP contribution in [0.5, 0.6) is 5.88 Å². The van der Waals surface area contributed by atoms with E-state index in [-0.39, 0.29) is 35.8 Å². The molecule has 0 aliphatic carbocycles. The molecule has 2 aromatic rings. The second-order valence-corrected chi connectivity index (χ2v) is 7.45. The molecular formula is C20H24F5N3O3. The number of aryl methyl sites for hydroxylation is 1. The Morgan fingerprint density at radius 3 is 2.35 bits per heavy atom. The number of rotatable bonds is 8. The van der Waals surface area contributed by atoms with Gasteiger partial charge in [-0.15, -0.1) is 0 Å². The number of carbonyl (C=O) groups excluding carboxylic acids is 1. The maximum absolute atomic E-state index is 13.2. The third-order valence-electron chi connectivity index (χ3n) is 4.72. The predicted molar refractivity (Wildman–Crippen MR) is 102 cm³/mol. The van der Waals surface area contributed by atoms with E-state index in [1.54, 1.807) is 20.8 Å². The Balaban J connectivity index is 2.60. The number of halogens is 5. The normalized spacial score (nSPS) is 12.4. The van der Waals surface area contributed by atoms with Crippen LogP contribution < -0.4 is 4.74 Å². The van der Waals surface area contributed by atoms with Crippen LogP contribution in [-0.2, 0) is 17.7 Å². The van der Waals surface area contributed by atoms with Gasteiger partial charge in [-0.05, 0) is 32.9 Å². The van der Waals surface area contributed by atoms with Gasteiger partial charge >= 0.3 is 18.8 Å². The highest BCUT2D eigenvalue weighted by atomic mass is 19.4. The van der Waals surface area contributed by atoms with Gasteiger partial charge in [0.25, 0.3) is 0 Å². The zero-order valence-corrected chi connectivity index (χ0v) is 17.8. The standard InChI is InChI=1S/C20H24F5N3O3/c1-6-28-15(11(3)14(27-28)17(29)30-7-2)13-9-8-12(26-16(13)31-18(21)22)10-19(4,5)20(23,24)25/h8-9,18H,6-7,10H2,1-5H3. The molecule has 11 heteroatoms. The fraction of sp³-hybridized carbons (Fsp3) is 0.550. The molecule has 0 fully saturated rings. The number of pyridine rings is 1. The molecular weight excluding hydrogens is 425 g/mol. The molecule has 2 heterocycles. The molecule has 0 spiro atoms. The van der Waals surface area contributed by atoms with E-state index in [0.29, 0.717) is 5.56 Å². The highest BCUT2D eigenvalue weighted by Crippen LogP contribution is 2.41. The third-order valence-corrected chi connectivity index (χ3v) is 4.72. The minimum absolute atomic E-state index is 0.00368. The Morgan fingerprint density at radius 1 is 1.19 bits per heavy atom. The lowest BCUT2D eigenvalue weighted by atomic mass is 9.87. The van der Waals surface area contributed by atoms with E-state index in [0.717, 1.165) is 13.8 Å². The van der Waals surface area contributed by atoms with Crippen molar-refractivity contribution < 1.29 is 36.2 Å². The van der Waals surface area contributed by atoms with Gasteiger partial charge in [-0.2, -0.15) is 27.1 Å². The van der Waals surface area contributed by atoms with Crippen LogP contribution in [0.4, 0.5) is 22.0 Å². The van der Waals surface area contributed by atoms with E-state index < -0.39 is 36.5 Å². The number of carbonyl (C=O) groups is 1. The zero-order chi connectivity index (χ0) is 23.6. The van der Waals surface area contributed by atoms with Gasteiger partial charge in [0.1, 0.15) is 0 Å². The first-order valence-electron chi connectivity index (χ1n) is 9.58. The van der Waals surface area contributed by atoms with Crippen molar-refractivity contribution in [2.45, 2.75) is 60.4 Å². The number of hydrogen-bond donors (Lipinski definition) is 0. The molecule has 0 aliphatic heterocycles. The lowest BCUT2D eigenvalue weighted by molar-refractivity contribution is -0.211. The number of ether oxygens (including phenoxy) is 2. The third kappa shape index (κ3) is 5.31. The van der Waals surface area contributed by atoms with Gasteiger partial charge in [-0.3, -0.25) is 4.68 Å². The Morgan fingerprint density at radius 2 is 1.84 bits per heavy atom. The first-order chi connectivity index (χ1) is 14.3. The van der Waals surface area contributed by atoms with E-state index >= 15 is 0 Å². The zero-order valence-electron chi connectivity index (χ0n) is 17.8. The molecule has 0 aromatic carbocycles. The van der Waals surface area contributed by atoms with Gasteiger partial charge in [-0.25, -0.2) is 9.78 Å². The molecule has 0 aliphatic rings. The van der Waals surface area contributed by atoms with E-state index in [1.807, 2.05) is 0 Å². The summed E-state index contributed by atoms with van der Waals surface area (Å²) in [6, 6.07) is 2.66. The molecule has 0 bridgehead atoms. The first kappa shape index (κ1) is 24.5. The average molecular weight is 449 g/mol. The fourth-order valence-corrected chi connectivity index (χ4v) is 3.00. The maximum atomic E-state index is 13.2. The van der Waals surface area contributed by atoms with E-state index in [4.69, 9.17) is 4.74 Å². The lowest BCUT2D eigenvalue weighted by Gasteiger charge is -2.27. The number of hydrogen-bond acceptors (Lipinski definition) is 5. The Kier molecular flexibility index (Phi) is 7.28. The average Bonchev–Trinajstić information content (AvgIpc) is 2.97. The van der Waals surface area contributed by atoms with Gasteiger partial charge in [0.15, 0.2) is 5.69 Å². The summed E-state index contributed by atoms with van der Waals surface area (Å²) in [6.07, 6.45) is -5.04. The maximum Gasteiger partial charge on any atom is 0.394 e. The molecule has 0 radical (unpaired) electrons. The van der Waals surface area contributed by atoms with Crippen molar-refractivity contribution in [3.8, 4) is 17.1 Å². The summed E-state index contributed by atoms with van der Waals surface area (Å²) in [7, 11) is 0. The monoisotopic (exact) mass is 449 g/mol. The topological polar surface area (TPSA) is 66.2 Å². The number of nitrogens with zero attached hydrogens (tertiary/aromatic N) is 3. The van der Waals surface area contributed by atoms with Gasteiger partial charge in [-0.1, -0.05) is 13.8 Å². The van der Waals surface area contributed by atoms with Crippen molar-refractivity contribution in [2.24, 2.45) is 5.41 Å². The summed E-state index contributed by atoms with van der Waals surface area (Å²) in [5, 5.41) is 4.18. The van der Waals surface area contributed by atoms with Gasteiger partial charge in [0.2, 0.25) is 5.88 Å². The van der Waals surface area contributed by atoms with Crippen LogP contribution in [0, 0.1) is 12.3 Å². The highest BCUT2D eigenvalue weighted by molar-refractivity contribution is 5.91. The molecule has 0 unspecified atom stereocenters.